The first-order valence-electron chi connectivity index (χ1n) is 13.3. The fraction of sp³-hybridized carbons (Fsp3) is 0.500. The van der Waals surface area contributed by atoms with Gasteiger partial charge in [-0.05, 0) is 69.4 Å². The van der Waals surface area contributed by atoms with Gasteiger partial charge >= 0.3 is 5.97 Å². The lowest BCUT2D eigenvalue weighted by atomic mass is 9.98. The summed E-state index contributed by atoms with van der Waals surface area (Å²) in [7, 11) is 0. The number of carbonyl (C=O) groups is 2. The van der Waals surface area contributed by atoms with Crippen LogP contribution in [0.4, 0.5) is 0 Å². The van der Waals surface area contributed by atoms with E-state index in [1.165, 1.54) is 0 Å². The fourth-order valence-corrected chi connectivity index (χ4v) is 5.47. The van der Waals surface area contributed by atoms with Crippen LogP contribution >= 0.6 is 15.9 Å². The monoisotopic (exact) mass is 568 g/mol. The third kappa shape index (κ3) is 5.92. The number of ether oxygens (including phenoxy) is 2. The van der Waals surface area contributed by atoms with Crippen LogP contribution < -0.4 is 4.74 Å². The Balaban J connectivity index is 1.56. The van der Waals surface area contributed by atoms with E-state index in [4.69, 9.17) is 14.5 Å². The zero-order valence-corrected chi connectivity index (χ0v) is 23.9. The second-order valence-corrected chi connectivity index (χ2v) is 11.3. The van der Waals surface area contributed by atoms with E-state index in [1.54, 1.807) is 20.8 Å². The van der Waals surface area contributed by atoms with Crippen molar-refractivity contribution in [1.29, 1.82) is 0 Å². The van der Waals surface area contributed by atoms with Crippen molar-refractivity contribution in [3.63, 3.8) is 0 Å². The number of hydrogen-bond donors (Lipinski definition) is 0. The minimum Gasteiger partial charge on any atom is -0.476 e. The van der Waals surface area contributed by atoms with Gasteiger partial charge in [0, 0.05) is 16.5 Å². The number of benzene rings is 2. The Hall–Kier alpha value is -2.67. The largest absolute Gasteiger partial charge is 0.476 e. The number of unbranched alkanes of at least 4 members (excludes halogenated alkanes) is 1. The summed E-state index contributed by atoms with van der Waals surface area (Å²) in [6, 6.07) is 13.9. The first-order valence-corrected chi connectivity index (χ1v) is 14.1. The van der Waals surface area contributed by atoms with E-state index in [0.29, 0.717) is 18.9 Å². The molecule has 1 spiro atoms. The standard InChI is InChI=1S/C30H37BrN2O4/c1-5-7-10-26-32-30(17-8-9-18-30)27(34)33(26)20-21-11-13-22(14-12-21)24-19-23(31)15-16-25(24)37-29(3,4)28(35)36-6-2/h11-16,19H,5-10,17-18,20H2,1-4H3. The molecule has 1 saturated carbocycles. The van der Waals surface area contributed by atoms with Crippen LogP contribution in [0.5, 0.6) is 5.75 Å². The average molecular weight is 570 g/mol. The van der Waals surface area contributed by atoms with Gasteiger partial charge in [0.1, 0.15) is 17.1 Å². The van der Waals surface area contributed by atoms with E-state index in [9.17, 15) is 9.59 Å². The molecule has 0 unspecified atom stereocenters. The number of hydrogen-bond acceptors (Lipinski definition) is 5. The summed E-state index contributed by atoms with van der Waals surface area (Å²) in [5.41, 5.74) is 1.24. The molecular weight excluding hydrogens is 532 g/mol. The van der Waals surface area contributed by atoms with Gasteiger partial charge in [-0.1, -0.05) is 66.4 Å². The molecule has 0 atom stereocenters. The van der Waals surface area contributed by atoms with Gasteiger partial charge in [-0.2, -0.15) is 0 Å². The van der Waals surface area contributed by atoms with Crippen LogP contribution in [0.25, 0.3) is 11.1 Å². The van der Waals surface area contributed by atoms with Crippen molar-refractivity contribution in [1.82, 2.24) is 4.90 Å². The molecular formula is C30H37BrN2O4. The Bertz CT molecular complexity index is 1170. The van der Waals surface area contributed by atoms with Gasteiger partial charge in [0.25, 0.3) is 5.91 Å². The predicted octanol–water partition coefficient (Wildman–Crippen LogP) is 7.08. The SMILES string of the molecule is CCCCC1=NC2(CCCC2)C(=O)N1Cc1ccc(-c2cc(Br)ccc2OC(C)(C)C(=O)OCC)cc1. The Labute approximate surface area is 228 Å². The summed E-state index contributed by atoms with van der Waals surface area (Å²) < 4.78 is 12.2. The van der Waals surface area contributed by atoms with Crippen molar-refractivity contribution < 1.29 is 19.1 Å². The first-order chi connectivity index (χ1) is 17.7. The molecule has 2 aromatic carbocycles. The van der Waals surface area contributed by atoms with Gasteiger partial charge in [0.2, 0.25) is 0 Å². The number of amides is 1. The molecule has 6 nitrogen and oxygen atoms in total. The van der Waals surface area contributed by atoms with E-state index in [1.807, 2.05) is 35.2 Å². The molecule has 37 heavy (non-hydrogen) atoms. The van der Waals surface area contributed by atoms with E-state index in [2.05, 4.69) is 35.0 Å². The molecule has 1 aliphatic carbocycles. The van der Waals surface area contributed by atoms with Crippen molar-refractivity contribution in [3.05, 3.63) is 52.5 Å². The molecule has 0 radical (unpaired) electrons. The summed E-state index contributed by atoms with van der Waals surface area (Å²) in [6.07, 6.45) is 6.83. The number of esters is 1. The second-order valence-electron chi connectivity index (χ2n) is 10.4. The minimum absolute atomic E-state index is 0.170. The average Bonchev–Trinajstić information content (AvgIpc) is 3.45. The quantitative estimate of drug-likeness (QED) is 0.287. The topological polar surface area (TPSA) is 68.2 Å². The van der Waals surface area contributed by atoms with Gasteiger partial charge < -0.3 is 9.47 Å². The summed E-state index contributed by atoms with van der Waals surface area (Å²) in [4.78, 5) is 32.8. The molecule has 1 aliphatic heterocycles. The highest BCUT2D eigenvalue weighted by Crippen LogP contribution is 2.40. The maximum absolute atomic E-state index is 13.5. The highest BCUT2D eigenvalue weighted by molar-refractivity contribution is 9.10. The molecule has 1 heterocycles. The minimum atomic E-state index is -1.13. The van der Waals surface area contributed by atoms with Crippen molar-refractivity contribution >= 4 is 33.6 Å². The van der Waals surface area contributed by atoms with Crippen LogP contribution in [-0.4, -0.2) is 40.4 Å². The summed E-state index contributed by atoms with van der Waals surface area (Å²) in [5, 5.41) is 0. The molecule has 0 aromatic heterocycles. The zero-order valence-electron chi connectivity index (χ0n) is 22.3. The Morgan fingerprint density at radius 2 is 1.81 bits per heavy atom. The second kappa shape index (κ2) is 11.4. The predicted molar refractivity (Wildman–Crippen MR) is 150 cm³/mol. The lowest BCUT2D eigenvalue weighted by molar-refractivity contribution is -0.158. The number of carbonyl (C=O) groups excluding carboxylic acids is 2. The molecule has 0 saturated heterocycles. The first kappa shape index (κ1) is 27.4. The Morgan fingerprint density at radius 1 is 1.11 bits per heavy atom. The third-order valence-electron chi connectivity index (χ3n) is 7.16. The molecule has 4 rings (SSSR count). The molecule has 2 aromatic rings. The van der Waals surface area contributed by atoms with Crippen molar-refractivity contribution in [2.45, 2.75) is 90.3 Å². The summed E-state index contributed by atoms with van der Waals surface area (Å²) >= 11 is 3.56. The number of amidine groups is 1. The molecule has 0 bridgehead atoms. The van der Waals surface area contributed by atoms with Crippen molar-refractivity contribution in [2.75, 3.05) is 6.61 Å². The lowest BCUT2D eigenvalue weighted by Crippen LogP contribution is -2.40. The summed E-state index contributed by atoms with van der Waals surface area (Å²) in [6.45, 7) is 8.19. The van der Waals surface area contributed by atoms with Crippen molar-refractivity contribution in [2.24, 2.45) is 4.99 Å². The zero-order chi connectivity index (χ0) is 26.6. The summed E-state index contributed by atoms with van der Waals surface area (Å²) in [5.74, 6) is 1.31. The maximum Gasteiger partial charge on any atom is 0.349 e. The maximum atomic E-state index is 13.5. The van der Waals surface area contributed by atoms with Crippen LogP contribution in [0.3, 0.4) is 0 Å². The number of nitrogens with zero attached hydrogens (tertiary/aromatic N) is 2. The van der Waals surface area contributed by atoms with E-state index < -0.39 is 17.1 Å². The van der Waals surface area contributed by atoms with Crippen LogP contribution in [0.1, 0.15) is 78.2 Å². The highest BCUT2D eigenvalue weighted by Gasteiger charge is 2.49. The lowest BCUT2D eigenvalue weighted by Gasteiger charge is -2.26. The van der Waals surface area contributed by atoms with Gasteiger partial charge in [-0.25, -0.2) is 4.79 Å². The Kier molecular flexibility index (Phi) is 8.42. The molecule has 198 valence electrons. The van der Waals surface area contributed by atoms with E-state index >= 15 is 0 Å². The van der Waals surface area contributed by atoms with Gasteiger partial charge in [-0.3, -0.25) is 14.7 Å². The van der Waals surface area contributed by atoms with Crippen molar-refractivity contribution in [3.8, 4) is 16.9 Å². The molecule has 1 amide bonds. The highest BCUT2D eigenvalue weighted by atomic mass is 79.9. The third-order valence-corrected chi connectivity index (χ3v) is 7.66. The van der Waals surface area contributed by atoms with E-state index in [0.717, 1.165) is 71.9 Å². The Morgan fingerprint density at radius 3 is 2.46 bits per heavy atom. The van der Waals surface area contributed by atoms with Crippen LogP contribution in [0.2, 0.25) is 0 Å². The fourth-order valence-electron chi connectivity index (χ4n) is 5.11. The van der Waals surface area contributed by atoms with Gasteiger partial charge in [0.05, 0.1) is 13.2 Å². The smallest absolute Gasteiger partial charge is 0.349 e. The van der Waals surface area contributed by atoms with Crippen LogP contribution in [0, 0.1) is 0 Å². The molecule has 2 aliphatic rings. The molecule has 1 fully saturated rings. The number of rotatable bonds is 10. The normalized spacial score (nSPS) is 16.8. The molecule has 0 N–H and O–H groups in total. The van der Waals surface area contributed by atoms with Gasteiger partial charge in [-0.15, -0.1) is 0 Å². The van der Waals surface area contributed by atoms with E-state index in [-0.39, 0.29) is 5.91 Å². The number of aliphatic imine (C=N–C) groups is 1. The van der Waals surface area contributed by atoms with Gasteiger partial charge in [0.15, 0.2) is 5.60 Å². The van der Waals surface area contributed by atoms with Crippen LogP contribution in [0.15, 0.2) is 51.9 Å². The van der Waals surface area contributed by atoms with Crippen LogP contribution in [-0.2, 0) is 20.9 Å². The number of halogens is 1. The molecule has 7 heteroatoms.